The van der Waals surface area contributed by atoms with E-state index in [0.717, 1.165) is 11.1 Å². The molecule has 22 heavy (non-hydrogen) atoms. The van der Waals surface area contributed by atoms with Crippen LogP contribution in [0.3, 0.4) is 0 Å². The third-order valence-electron chi connectivity index (χ3n) is 3.68. The molecule has 0 radical (unpaired) electrons. The lowest BCUT2D eigenvalue weighted by Gasteiger charge is -2.06. The third kappa shape index (κ3) is 2.70. The molecule has 1 aliphatic carbocycles. The number of hydrogen-bond donors (Lipinski definition) is 0. The monoisotopic (exact) mass is 297 g/mol. The number of nitrogens with zero attached hydrogens (tertiary/aromatic N) is 1. The molecular weight excluding hydrogens is 282 g/mol. The first-order valence-electron chi connectivity index (χ1n) is 6.96. The van der Waals surface area contributed by atoms with Crippen LogP contribution in [0.2, 0.25) is 0 Å². The summed E-state index contributed by atoms with van der Waals surface area (Å²) in [5.41, 5.74) is 2.27. The van der Waals surface area contributed by atoms with Crippen molar-refractivity contribution in [3.8, 4) is 5.88 Å². The van der Waals surface area contributed by atoms with Crippen LogP contribution in [0, 0.1) is 5.92 Å². The van der Waals surface area contributed by atoms with Gasteiger partial charge in [0, 0.05) is 17.8 Å². The average molecular weight is 297 g/mol. The maximum absolute atomic E-state index is 12.2. The fraction of sp³-hybridized carbons (Fsp3) is 0.235. The first-order chi connectivity index (χ1) is 10.7. The van der Waals surface area contributed by atoms with Crippen LogP contribution >= 0.6 is 0 Å². The van der Waals surface area contributed by atoms with Crippen molar-refractivity contribution in [3.05, 3.63) is 59.3 Å². The smallest absolute Gasteiger partial charge is 0.316 e. The van der Waals surface area contributed by atoms with Crippen LogP contribution in [0.1, 0.15) is 21.5 Å². The van der Waals surface area contributed by atoms with Gasteiger partial charge in [-0.05, 0) is 17.5 Å². The normalized spacial score (nSPS) is 16.2. The van der Waals surface area contributed by atoms with Gasteiger partial charge < -0.3 is 9.47 Å². The van der Waals surface area contributed by atoms with Gasteiger partial charge in [0.15, 0.2) is 5.78 Å². The molecule has 1 heterocycles. The van der Waals surface area contributed by atoms with Crippen LogP contribution in [0.5, 0.6) is 5.88 Å². The summed E-state index contributed by atoms with van der Waals surface area (Å²) < 4.78 is 10.3. The van der Waals surface area contributed by atoms with E-state index >= 15 is 0 Å². The molecular formula is C17H15NO4. The number of ether oxygens (including phenoxy) is 2. The predicted octanol–water partition coefficient (Wildman–Crippen LogP) is 2.19. The largest absolute Gasteiger partial charge is 0.473 e. The first-order valence-corrected chi connectivity index (χ1v) is 6.96. The molecule has 1 atom stereocenters. The van der Waals surface area contributed by atoms with E-state index in [4.69, 9.17) is 4.74 Å². The van der Waals surface area contributed by atoms with Crippen molar-refractivity contribution in [3.63, 3.8) is 0 Å². The molecule has 5 heteroatoms. The number of hydrogen-bond acceptors (Lipinski definition) is 5. The maximum Gasteiger partial charge on any atom is 0.316 e. The van der Waals surface area contributed by atoms with Crippen molar-refractivity contribution in [2.75, 3.05) is 7.11 Å². The van der Waals surface area contributed by atoms with Crippen LogP contribution < -0.4 is 4.74 Å². The number of benzene rings is 1. The number of carbonyl (C=O) groups is 2. The van der Waals surface area contributed by atoms with E-state index in [2.05, 4.69) is 9.72 Å². The highest BCUT2D eigenvalue weighted by Crippen LogP contribution is 2.29. The molecule has 1 aliphatic rings. The van der Waals surface area contributed by atoms with Gasteiger partial charge in [0.1, 0.15) is 12.5 Å². The summed E-state index contributed by atoms with van der Waals surface area (Å²) in [5.74, 6) is -1.12. The van der Waals surface area contributed by atoms with Crippen LogP contribution in [0.25, 0.3) is 0 Å². The molecule has 0 aliphatic heterocycles. The number of methoxy groups -OCH3 is 1. The minimum absolute atomic E-state index is 0.228. The standard InChI is InChI=1S/C17H15NO4/c1-21-17(20)14-7-12-9-18-15(8-13(12)16(14)19)22-10-11-5-3-2-4-6-11/h2-6,8-9,14H,7,10H2,1H3/t14-/m1/s1. The number of ketones is 1. The second kappa shape index (κ2) is 5.97. The van der Waals surface area contributed by atoms with E-state index in [9.17, 15) is 9.59 Å². The molecule has 3 rings (SSSR count). The maximum atomic E-state index is 12.2. The highest BCUT2D eigenvalue weighted by atomic mass is 16.5. The zero-order valence-corrected chi connectivity index (χ0v) is 12.1. The molecule has 0 saturated heterocycles. The van der Waals surface area contributed by atoms with Crippen molar-refractivity contribution in [1.29, 1.82) is 0 Å². The Morgan fingerprint density at radius 2 is 2.09 bits per heavy atom. The summed E-state index contributed by atoms with van der Waals surface area (Å²) in [6, 6.07) is 11.3. The Hall–Kier alpha value is -2.69. The SMILES string of the molecule is COC(=O)[C@@H]1Cc2cnc(OCc3ccccc3)cc2C1=O. The van der Waals surface area contributed by atoms with E-state index in [1.807, 2.05) is 30.3 Å². The Kier molecular flexibility index (Phi) is 3.87. The molecule has 1 aromatic carbocycles. The van der Waals surface area contributed by atoms with Gasteiger partial charge in [-0.3, -0.25) is 9.59 Å². The quantitative estimate of drug-likeness (QED) is 0.639. The Labute approximate surface area is 127 Å². The molecule has 0 unspecified atom stereocenters. The van der Waals surface area contributed by atoms with Gasteiger partial charge in [0.2, 0.25) is 5.88 Å². The summed E-state index contributed by atoms with van der Waals surface area (Å²) in [4.78, 5) is 28.0. The Bertz CT molecular complexity index is 712. The van der Waals surface area contributed by atoms with E-state index in [-0.39, 0.29) is 5.78 Å². The highest BCUT2D eigenvalue weighted by Gasteiger charge is 2.37. The summed E-state index contributed by atoms with van der Waals surface area (Å²) >= 11 is 0. The first kappa shape index (κ1) is 14.3. The van der Waals surface area contributed by atoms with Gasteiger partial charge in [0.25, 0.3) is 0 Å². The van der Waals surface area contributed by atoms with E-state index in [1.165, 1.54) is 7.11 Å². The molecule has 0 amide bonds. The molecule has 1 aromatic heterocycles. The van der Waals surface area contributed by atoms with Gasteiger partial charge in [0.05, 0.1) is 7.11 Å². The van der Waals surface area contributed by atoms with Crippen molar-refractivity contribution in [1.82, 2.24) is 4.98 Å². The van der Waals surface area contributed by atoms with E-state index in [0.29, 0.717) is 24.5 Å². The number of carbonyl (C=O) groups excluding carboxylic acids is 2. The van der Waals surface area contributed by atoms with Crippen molar-refractivity contribution < 1.29 is 19.1 Å². The van der Waals surface area contributed by atoms with Crippen LogP contribution in [0.4, 0.5) is 0 Å². The highest BCUT2D eigenvalue weighted by molar-refractivity contribution is 6.12. The molecule has 0 fully saturated rings. The average Bonchev–Trinajstić information content (AvgIpc) is 2.90. The summed E-state index contributed by atoms with van der Waals surface area (Å²) in [6.45, 7) is 0.376. The molecule has 2 aromatic rings. The molecule has 112 valence electrons. The third-order valence-corrected chi connectivity index (χ3v) is 3.68. The van der Waals surface area contributed by atoms with Crippen LogP contribution in [0.15, 0.2) is 42.6 Å². The Morgan fingerprint density at radius 3 is 2.82 bits per heavy atom. The summed E-state index contributed by atoms with van der Waals surface area (Å²) in [7, 11) is 1.28. The van der Waals surface area contributed by atoms with Crippen molar-refractivity contribution in [2.45, 2.75) is 13.0 Å². The summed E-state index contributed by atoms with van der Waals surface area (Å²) in [6.07, 6.45) is 1.93. The minimum Gasteiger partial charge on any atom is -0.473 e. The lowest BCUT2D eigenvalue weighted by Crippen LogP contribution is -2.21. The zero-order chi connectivity index (χ0) is 15.5. The second-order valence-electron chi connectivity index (χ2n) is 5.10. The number of esters is 1. The number of rotatable bonds is 4. The zero-order valence-electron chi connectivity index (χ0n) is 12.1. The van der Waals surface area contributed by atoms with Gasteiger partial charge in [-0.1, -0.05) is 30.3 Å². The molecule has 0 spiro atoms. The number of fused-ring (bicyclic) bond motifs is 1. The second-order valence-corrected chi connectivity index (χ2v) is 5.10. The van der Waals surface area contributed by atoms with Crippen molar-refractivity contribution >= 4 is 11.8 Å². The van der Waals surface area contributed by atoms with Gasteiger partial charge in [-0.2, -0.15) is 0 Å². The number of pyridine rings is 1. The van der Waals surface area contributed by atoms with Crippen molar-refractivity contribution in [2.24, 2.45) is 5.92 Å². The molecule has 5 nitrogen and oxygen atoms in total. The Balaban J connectivity index is 1.74. The van der Waals surface area contributed by atoms with Gasteiger partial charge >= 0.3 is 5.97 Å². The van der Waals surface area contributed by atoms with Gasteiger partial charge in [-0.25, -0.2) is 4.98 Å². The summed E-state index contributed by atoms with van der Waals surface area (Å²) in [5, 5.41) is 0. The predicted molar refractivity (Wildman–Crippen MR) is 78.6 cm³/mol. The molecule has 0 saturated carbocycles. The fourth-order valence-electron chi connectivity index (χ4n) is 2.50. The Morgan fingerprint density at radius 1 is 1.32 bits per heavy atom. The lowest BCUT2D eigenvalue weighted by molar-refractivity contribution is -0.143. The minimum atomic E-state index is -0.758. The van der Waals surface area contributed by atoms with Gasteiger partial charge in [-0.15, -0.1) is 0 Å². The van der Waals surface area contributed by atoms with Crippen LogP contribution in [-0.2, 0) is 22.6 Å². The molecule has 0 bridgehead atoms. The number of Topliss-reactive ketones (excluding diaryl/α,β-unsaturated/α-hetero) is 1. The number of aromatic nitrogens is 1. The lowest BCUT2D eigenvalue weighted by atomic mass is 10.1. The topological polar surface area (TPSA) is 65.5 Å². The van der Waals surface area contributed by atoms with Crippen LogP contribution in [-0.4, -0.2) is 23.8 Å². The fourth-order valence-corrected chi connectivity index (χ4v) is 2.50. The van der Waals surface area contributed by atoms with E-state index in [1.54, 1.807) is 12.3 Å². The molecule has 0 N–H and O–H groups in total. The van der Waals surface area contributed by atoms with E-state index < -0.39 is 11.9 Å².